The van der Waals surface area contributed by atoms with Gasteiger partial charge in [0.2, 0.25) is 0 Å². The van der Waals surface area contributed by atoms with E-state index >= 15 is 0 Å². The molecule has 4 rings (SSSR count). The van der Waals surface area contributed by atoms with Gasteiger partial charge in [-0.2, -0.15) is 10.2 Å². The highest BCUT2D eigenvalue weighted by Crippen LogP contribution is 2.23. The predicted octanol–water partition coefficient (Wildman–Crippen LogP) is 4.13. The standard InChI is InChI=1S/C30H26N8O4/c1-19(39)27(29(41)33-25-7-3-5-17-31-25)37-35-23-13-9-21(10-14-23)22-11-15-24(16-12-22)36-38-28(20(2)40)30(42)34-26-8-4-6-18-32-26/h3-18,35-36H,1-2H3,(H,31,33,41)(H,32,34,42)/b37-27+,38-28+. The lowest BCUT2D eigenvalue weighted by Gasteiger charge is -2.08. The zero-order valence-corrected chi connectivity index (χ0v) is 22.7. The molecule has 4 N–H and O–H groups in total. The van der Waals surface area contributed by atoms with Crippen molar-refractivity contribution in [3.05, 3.63) is 97.3 Å². The monoisotopic (exact) mass is 562 g/mol. The highest BCUT2D eigenvalue weighted by molar-refractivity contribution is 6.67. The van der Waals surface area contributed by atoms with E-state index < -0.39 is 23.4 Å². The SMILES string of the molecule is CC(=O)/C(=N\Nc1ccc(-c2ccc(N/N=C(\C(C)=O)C(=O)Nc3ccccn3)cc2)cc1)C(=O)Nc1ccccn1. The molecule has 12 heteroatoms. The molecular weight excluding hydrogens is 536 g/mol. The van der Waals surface area contributed by atoms with Crippen molar-refractivity contribution < 1.29 is 19.2 Å². The fourth-order valence-corrected chi connectivity index (χ4v) is 3.52. The number of hydrogen-bond acceptors (Lipinski definition) is 10. The molecule has 0 saturated heterocycles. The second-order valence-corrected chi connectivity index (χ2v) is 8.75. The van der Waals surface area contributed by atoms with Crippen LogP contribution in [0, 0.1) is 0 Å². The summed E-state index contributed by atoms with van der Waals surface area (Å²) < 4.78 is 0. The number of benzene rings is 2. The first-order chi connectivity index (χ1) is 20.3. The van der Waals surface area contributed by atoms with Gasteiger partial charge in [-0.3, -0.25) is 30.0 Å². The molecule has 2 amide bonds. The molecule has 0 spiro atoms. The molecule has 2 heterocycles. The Morgan fingerprint density at radius 1 is 0.548 bits per heavy atom. The Morgan fingerprint density at radius 2 is 0.929 bits per heavy atom. The summed E-state index contributed by atoms with van der Waals surface area (Å²) in [5.41, 5.74) is 7.80. The Bertz CT molecular complexity index is 1510. The molecule has 0 aliphatic carbocycles. The summed E-state index contributed by atoms with van der Waals surface area (Å²) in [6, 6.07) is 24.4. The number of nitrogens with one attached hydrogen (secondary N) is 4. The molecule has 0 radical (unpaired) electrons. The fourth-order valence-electron chi connectivity index (χ4n) is 3.52. The van der Waals surface area contributed by atoms with E-state index in [1.807, 2.05) is 24.3 Å². The largest absolute Gasteiger partial charge is 0.305 e. The molecule has 0 saturated carbocycles. The molecular formula is C30H26N8O4. The van der Waals surface area contributed by atoms with Crippen LogP contribution in [-0.4, -0.2) is 44.8 Å². The fraction of sp³-hybridized carbons (Fsp3) is 0.0667. The summed E-state index contributed by atoms with van der Waals surface area (Å²) in [5.74, 6) is -1.75. The molecule has 2 aromatic carbocycles. The molecule has 0 aliphatic heterocycles. The second kappa shape index (κ2) is 13.8. The van der Waals surface area contributed by atoms with Crippen molar-refractivity contribution >= 4 is 57.8 Å². The molecule has 2 aromatic heterocycles. The van der Waals surface area contributed by atoms with Crippen LogP contribution in [0.15, 0.2) is 108 Å². The van der Waals surface area contributed by atoms with Gasteiger partial charge < -0.3 is 10.6 Å². The number of nitrogens with zero attached hydrogens (tertiary/aromatic N) is 4. The van der Waals surface area contributed by atoms with Crippen molar-refractivity contribution in [2.24, 2.45) is 10.2 Å². The lowest BCUT2D eigenvalue weighted by Crippen LogP contribution is -2.29. The van der Waals surface area contributed by atoms with Gasteiger partial charge >= 0.3 is 0 Å². The van der Waals surface area contributed by atoms with Crippen LogP contribution < -0.4 is 21.5 Å². The van der Waals surface area contributed by atoms with Gasteiger partial charge in [-0.1, -0.05) is 36.4 Å². The zero-order chi connectivity index (χ0) is 29.9. The van der Waals surface area contributed by atoms with Crippen molar-refractivity contribution in [1.29, 1.82) is 0 Å². The van der Waals surface area contributed by atoms with E-state index in [0.717, 1.165) is 11.1 Å². The number of carbonyl (C=O) groups excluding carboxylic acids is 4. The van der Waals surface area contributed by atoms with E-state index in [0.29, 0.717) is 23.0 Å². The van der Waals surface area contributed by atoms with Gasteiger partial charge in [0.1, 0.15) is 11.6 Å². The van der Waals surface area contributed by atoms with Crippen molar-refractivity contribution in [2.75, 3.05) is 21.5 Å². The molecule has 12 nitrogen and oxygen atoms in total. The molecule has 0 fully saturated rings. The Kier molecular flexibility index (Phi) is 9.55. The van der Waals surface area contributed by atoms with Crippen LogP contribution >= 0.6 is 0 Å². The van der Waals surface area contributed by atoms with Crippen LogP contribution in [0.1, 0.15) is 13.8 Å². The molecule has 42 heavy (non-hydrogen) atoms. The van der Waals surface area contributed by atoms with Crippen LogP contribution in [0.25, 0.3) is 11.1 Å². The molecule has 0 bridgehead atoms. The third kappa shape index (κ3) is 7.99. The van der Waals surface area contributed by atoms with E-state index in [4.69, 9.17) is 0 Å². The second-order valence-electron chi connectivity index (χ2n) is 8.75. The normalized spacial score (nSPS) is 11.3. The van der Waals surface area contributed by atoms with E-state index in [-0.39, 0.29) is 11.4 Å². The zero-order valence-electron chi connectivity index (χ0n) is 22.7. The first-order valence-electron chi connectivity index (χ1n) is 12.6. The lowest BCUT2D eigenvalue weighted by molar-refractivity contribution is -0.116. The van der Waals surface area contributed by atoms with Crippen LogP contribution in [-0.2, 0) is 19.2 Å². The number of ketones is 2. The van der Waals surface area contributed by atoms with Gasteiger partial charge in [0.25, 0.3) is 11.8 Å². The number of Topliss-reactive ketones (excluding diaryl/α,β-unsaturated/α-hetero) is 2. The average molecular weight is 563 g/mol. The maximum absolute atomic E-state index is 12.5. The quantitative estimate of drug-likeness (QED) is 0.120. The third-order valence-electron chi connectivity index (χ3n) is 5.61. The Labute approximate surface area is 241 Å². The van der Waals surface area contributed by atoms with Gasteiger partial charge in [0, 0.05) is 26.2 Å². The summed E-state index contributed by atoms with van der Waals surface area (Å²) in [7, 11) is 0. The Hall–Kier alpha value is -6.04. The highest BCUT2D eigenvalue weighted by Gasteiger charge is 2.18. The van der Waals surface area contributed by atoms with Crippen LogP contribution in [0.5, 0.6) is 0 Å². The molecule has 0 atom stereocenters. The first-order valence-corrected chi connectivity index (χ1v) is 12.6. The van der Waals surface area contributed by atoms with Gasteiger partial charge in [0.15, 0.2) is 23.0 Å². The number of pyridine rings is 2. The van der Waals surface area contributed by atoms with E-state index in [1.54, 1.807) is 60.7 Å². The van der Waals surface area contributed by atoms with Gasteiger partial charge in [-0.15, -0.1) is 0 Å². The van der Waals surface area contributed by atoms with Gasteiger partial charge in [-0.25, -0.2) is 9.97 Å². The van der Waals surface area contributed by atoms with Crippen molar-refractivity contribution in [1.82, 2.24) is 9.97 Å². The van der Waals surface area contributed by atoms with Crippen molar-refractivity contribution in [3.8, 4) is 11.1 Å². The van der Waals surface area contributed by atoms with Crippen molar-refractivity contribution in [3.63, 3.8) is 0 Å². The molecule has 0 aliphatic rings. The number of hydrazone groups is 2. The first kappa shape index (κ1) is 29.0. The summed E-state index contributed by atoms with van der Waals surface area (Å²) in [6.07, 6.45) is 3.04. The van der Waals surface area contributed by atoms with Gasteiger partial charge in [-0.05, 0) is 59.7 Å². The topological polar surface area (TPSA) is 167 Å². The molecule has 210 valence electrons. The Balaban J connectivity index is 1.38. The maximum atomic E-state index is 12.5. The summed E-state index contributed by atoms with van der Waals surface area (Å²) >= 11 is 0. The lowest BCUT2D eigenvalue weighted by atomic mass is 10.1. The average Bonchev–Trinajstić information content (AvgIpc) is 2.99. The minimum Gasteiger partial charge on any atom is -0.305 e. The minimum absolute atomic E-state index is 0.294. The molecule has 4 aromatic rings. The maximum Gasteiger partial charge on any atom is 0.280 e. The Morgan fingerprint density at radius 3 is 1.24 bits per heavy atom. The summed E-state index contributed by atoms with van der Waals surface area (Å²) in [5, 5.41) is 13.0. The number of rotatable bonds is 11. The third-order valence-corrected chi connectivity index (χ3v) is 5.61. The van der Waals surface area contributed by atoms with E-state index in [1.165, 1.54) is 26.2 Å². The summed E-state index contributed by atoms with van der Waals surface area (Å²) in [6.45, 7) is 2.51. The number of carbonyl (C=O) groups is 4. The van der Waals surface area contributed by atoms with Crippen LogP contribution in [0.2, 0.25) is 0 Å². The predicted molar refractivity (Wildman–Crippen MR) is 161 cm³/mol. The van der Waals surface area contributed by atoms with Gasteiger partial charge in [0.05, 0.1) is 11.4 Å². The molecule has 0 unspecified atom stereocenters. The minimum atomic E-state index is -0.674. The smallest absolute Gasteiger partial charge is 0.280 e. The number of amides is 2. The van der Waals surface area contributed by atoms with E-state index in [2.05, 4.69) is 41.7 Å². The van der Waals surface area contributed by atoms with Crippen LogP contribution in [0.3, 0.4) is 0 Å². The van der Waals surface area contributed by atoms with E-state index in [9.17, 15) is 19.2 Å². The summed E-state index contributed by atoms with van der Waals surface area (Å²) in [4.78, 5) is 56.9. The number of anilines is 4. The number of aromatic nitrogens is 2. The highest BCUT2D eigenvalue weighted by atomic mass is 16.2. The number of hydrogen-bond donors (Lipinski definition) is 4. The van der Waals surface area contributed by atoms with Crippen molar-refractivity contribution in [2.45, 2.75) is 13.8 Å². The van der Waals surface area contributed by atoms with Crippen LogP contribution in [0.4, 0.5) is 23.0 Å².